The van der Waals surface area contributed by atoms with E-state index in [9.17, 15) is 9.59 Å². The Balaban J connectivity index is 1.72. The van der Waals surface area contributed by atoms with Gasteiger partial charge in [-0.05, 0) is 56.4 Å². The number of carbonyl (C=O) groups excluding carboxylic acids is 2. The van der Waals surface area contributed by atoms with Crippen LogP contribution in [0.1, 0.15) is 32.1 Å². The van der Waals surface area contributed by atoms with Gasteiger partial charge in [0.2, 0.25) is 11.8 Å². The van der Waals surface area contributed by atoms with Crippen LogP contribution >= 0.6 is 11.6 Å². The Kier molecular flexibility index (Phi) is 7.53. The van der Waals surface area contributed by atoms with E-state index in [0.717, 1.165) is 37.8 Å². The average molecular weight is 353 g/mol. The predicted octanol–water partition coefficient (Wildman–Crippen LogP) is 3.24. The first kappa shape index (κ1) is 18.7. The lowest BCUT2D eigenvalue weighted by molar-refractivity contribution is -0.128. The highest BCUT2D eigenvalue weighted by Crippen LogP contribution is 2.30. The van der Waals surface area contributed by atoms with Crippen LogP contribution in [0.2, 0.25) is 5.02 Å². The van der Waals surface area contributed by atoms with Crippen LogP contribution in [0, 0.1) is 11.8 Å². The standard InChI is InChI=1S/C18H25ClN2O3/c1-24-12-2-11-20-17(22)13-3-5-14(6-4-13)18(23)21-16-9-7-15(19)8-10-16/h7-10,13-14H,2-6,11-12H2,1H3,(H,20,22)(H,21,23). The fourth-order valence-corrected chi connectivity index (χ4v) is 3.09. The smallest absolute Gasteiger partial charge is 0.227 e. The summed E-state index contributed by atoms with van der Waals surface area (Å²) in [5, 5.41) is 6.51. The van der Waals surface area contributed by atoms with Gasteiger partial charge in [0, 0.05) is 42.8 Å². The molecule has 0 heterocycles. The van der Waals surface area contributed by atoms with Crippen molar-refractivity contribution in [3.63, 3.8) is 0 Å². The molecule has 0 bridgehead atoms. The molecule has 2 amide bonds. The van der Waals surface area contributed by atoms with Crippen molar-refractivity contribution in [3.05, 3.63) is 29.3 Å². The van der Waals surface area contributed by atoms with E-state index in [2.05, 4.69) is 10.6 Å². The van der Waals surface area contributed by atoms with Gasteiger partial charge in [-0.3, -0.25) is 9.59 Å². The molecule has 2 N–H and O–H groups in total. The number of anilines is 1. The van der Waals surface area contributed by atoms with Gasteiger partial charge in [-0.25, -0.2) is 0 Å². The average Bonchev–Trinajstić information content (AvgIpc) is 2.60. The first-order valence-electron chi connectivity index (χ1n) is 8.43. The number of hydrogen-bond acceptors (Lipinski definition) is 3. The largest absolute Gasteiger partial charge is 0.385 e. The third-order valence-electron chi connectivity index (χ3n) is 4.40. The lowest BCUT2D eigenvalue weighted by Crippen LogP contribution is -2.36. The molecule has 1 aliphatic rings. The molecule has 0 unspecified atom stereocenters. The Hall–Kier alpha value is -1.59. The number of amides is 2. The maximum Gasteiger partial charge on any atom is 0.227 e. The summed E-state index contributed by atoms with van der Waals surface area (Å²) in [4.78, 5) is 24.4. The quantitative estimate of drug-likeness (QED) is 0.740. The van der Waals surface area contributed by atoms with Crippen molar-refractivity contribution in [1.82, 2.24) is 5.32 Å². The fraction of sp³-hybridized carbons (Fsp3) is 0.556. The number of benzene rings is 1. The highest BCUT2D eigenvalue weighted by molar-refractivity contribution is 6.30. The van der Waals surface area contributed by atoms with Crippen LogP contribution in [0.3, 0.4) is 0 Å². The maximum absolute atomic E-state index is 12.3. The van der Waals surface area contributed by atoms with Gasteiger partial charge in [0.25, 0.3) is 0 Å². The van der Waals surface area contributed by atoms with Crippen LogP contribution in [-0.4, -0.2) is 32.1 Å². The number of hydrogen-bond donors (Lipinski definition) is 2. The van der Waals surface area contributed by atoms with Crippen molar-refractivity contribution in [3.8, 4) is 0 Å². The summed E-state index contributed by atoms with van der Waals surface area (Å²) in [6.07, 6.45) is 3.83. The lowest BCUT2D eigenvalue weighted by atomic mass is 9.81. The molecule has 0 atom stereocenters. The van der Waals surface area contributed by atoms with Gasteiger partial charge >= 0.3 is 0 Å². The minimum Gasteiger partial charge on any atom is -0.385 e. The zero-order valence-corrected chi connectivity index (χ0v) is 14.8. The van der Waals surface area contributed by atoms with Crippen molar-refractivity contribution in [2.24, 2.45) is 11.8 Å². The normalized spacial score (nSPS) is 20.4. The molecule has 0 radical (unpaired) electrons. The molecule has 0 aromatic heterocycles. The van der Waals surface area contributed by atoms with E-state index >= 15 is 0 Å². The predicted molar refractivity (Wildman–Crippen MR) is 95.0 cm³/mol. The second kappa shape index (κ2) is 9.64. The number of halogens is 1. The second-order valence-corrected chi connectivity index (χ2v) is 6.62. The summed E-state index contributed by atoms with van der Waals surface area (Å²) in [6.45, 7) is 1.29. The number of ether oxygens (including phenoxy) is 1. The molecule has 1 aliphatic carbocycles. The maximum atomic E-state index is 12.3. The summed E-state index contributed by atoms with van der Waals surface area (Å²) in [6, 6.07) is 7.09. The van der Waals surface area contributed by atoms with E-state index in [1.807, 2.05) is 0 Å². The van der Waals surface area contributed by atoms with Crippen molar-refractivity contribution in [2.45, 2.75) is 32.1 Å². The topological polar surface area (TPSA) is 67.4 Å². The van der Waals surface area contributed by atoms with Crippen LogP contribution < -0.4 is 10.6 Å². The van der Waals surface area contributed by atoms with Crippen LogP contribution in [-0.2, 0) is 14.3 Å². The van der Waals surface area contributed by atoms with E-state index in [1.165, 1.54) is 0 Å². The molecular weight excluding hydrogens is 328 g/mol. The molecule has 2 rings (SSSR count). The zero-order valence-electron chi connectivity index (χ0n) is 14.0. The molecule has 1 saturated carbocycles. The van der Waals surface area contributed by atoms with E-state index in [0.29, 0.717) is 18.2 Å². The molecule has 0 saturated heterocycles. The number of nitrogens with one attached hydrogen (secondary N) is 2. The molecule has 0 spiro atoms. The lowest BCUT2D eigenvalue weighted by Gasteiger charge is -2.27. The highest BCUT2D eigenvalue weighted by atomic mass is 35.5. The van der Waals surface area contributed by atoms with Crippen molar-refractivity contribution < 1.29 is 14.3 Å². The van der Waals surface area contributed by atoms with E-state index < -0.39 is 0 Å². The first-order valence-corrected chi connectivity index (χ1v) is 8.81. The van der Waals surface area contributed by atoms with Gasteiger partial charge in [0.05, 0.1) is 0 Å². The molecule has 1 aromatic rings. The van der Waals surface area contributed by atoms with Crippen molar-refractivity contribution >= 4 is 29.1 Å². The molecular formula is C18H25ClN2O3. The van der Waals surface area contributed by atoms with Crippen LogP contribution in [0.25, 0.3) is 0 Å². The summed E-state index contributed by atoms with van der Waals surface area (Å²) in [5.41, 5.74) is 0.752. The Morgan fingerprint density at radius 2 is 1.67 bits per heavy atom. The van der Waals surface area contributed by atoms with E-state index in [4.69, 9.17) is 16.3 Å². The summed E-state index contributed by atoms with van der Waals surface area (Å²) < 4.78 is 4.96. The molecule has 6 heteroatoms. The molecule has 1 fully saturated rings. The Labute approximate surface area is 148 Å². The molecule has 24 heavy (non-hydrogen) atoms. The van der Waals surface area contributed by atoms with Crippen LogP contribution in [0.4, 0.5) is 5.69 Å². The van der Waals surface area contributed by atoms with E-state index in [1.54, 1.807) is 31.4 Å². The van der Waals surface area contributed by atoms with Gasteiger partial charge < -0.3 is 15.4 Å². The van der Waals surface area contributed by atoms with Gasteiger partial charge in [-0.15, -0.1) is 0 Å². The second-order valence-electron chi connectivity index (χ2n) is 6.18. The third kappa shape index (κ3) is 5.80. The van der Waals surface area contributed by atoms with Gasteiger partial charge in [-0.2, -0.15) is 0 Å². The number of carbonyl (C=O) groups is 2. The fourth-order valence-electron chi connectivity index (χ4n) is 2.97. The van der Waals surface area contributed by atoms with Crippen LogP contribution in [0.5, 0.6) is 0 Å². The minimum atomic E-state index is -0.0294. The van der Waals surface area contributed by atoms with Gasteiger partial charge in [0.15, 0.2) is 0 Å². The zero-order chi connectivity index (χ0) is 17.4. The monoisotopic (exact) mass is 352 g/mol. The minimum absolute atomic E-state index is 0.0205. The first-order chi connectivity index (χ1) is 11.6. The number of rotatable bonds is 7. The van der Waals surface area contributed by atoms with Gasteiger partial charge in [0.1, 0.15) is 0 Å². The molecule has 132 valence electrons. The van der Waals surface area contributed by atoms with Gasteiger partial charge in [-0.1, -0.05) is 11.6 Å². The molecule has 0 aliphatic heterocycles. The van der Waals surface area contributed by atoms with Crippen LogP contribution in [0.15, 0.2) is 24.3 Å². The number of methoxy groups -OCH3 is 1. The molecule has 5 nitrogen and oxygen atoms in total. The summed E-state index contributed by atoms with van der Waals surface area (Å²) in [7, 11) is 1.65. The molecule has 1 aromatic carbocycles. The third-order valence-corrected chi connectivity index (χ3v) is 4.66. The highest BCUT2D eigenvalue weighted by Gasteiger charge is 2.29. The SMILES string of the molecule is COCCCNC(=O)C1CCC(C(=O)Nc2ccc(Cl)cc2)CC1. The van der Waals surface area contributed by atoms with E-state index in [-0.39, 0.29) is 23.7 Å². The Bertz CT molecular complexity index is 540. The Morgan fingerprint density at radius 3 is 2.25 bits per heavy atom. The van der Waals surface area contributed by atoms with Crippen molar-refractivity contribution in [2.75, 3.05) is 25.6 Å². The Morgan fingerprint density at radius 1 is 1.08 bits per heavy atom. The summed E-state index contributed by atoms with van der Waals surface area (Å²) in [5.74, 6) is 0.115. The van der Waals surface area contributed by atoms with Crippen molar-refractivity contribution in [1.29, 1.82) is 0 Å². The summed E-state index contributed by atoms with van der Waals surface area (Å²) >= 11 is 5.84.